The zero-order chi connectivity index (χ0) is 12.4. The van der Waals surface area contributed by atoms with Crippen molar-refractivity contribution in [3.8, 4) is 0 Å². The van der Waals surface area contributed by atoms with Crippen LogP contribution in [0.5, 0.6) is 0 Å². The average Bonchev–Trinajstić information content (AvgIpc) is 2.22. The lowest BCUT2D eigenvalue weighted by atomic mass is 10.3. The summed E-state index contributed by atoms with van der Waals surface area (Å²) in [5.74, 6) is -0.333. The summed E-state index contributed by atoms with van der Waals surface area (Å²) in [6.07, 6.45) is 0. The summed E-state index contributed by atoms with van der Waals surface area (Å²) in [6, 6.07) is 0.360. The number of aliphatic hydroxyl groups excluding tert-OH is 1. The Hall–Kier alpha value is -0.650. The van der Waals surface area contributed by atoms with E-state index in [1.807, 2.05) is 0 Å². The van der Waals surface area contributed by atoms with E-state index in [0.29, 0.717) is 32.3 Å². The summed E-state index contributed by atoms with van der Waals surface area (Å²) >= 11 is 0. The van der Waals surface area contributed by atoms with Crippen molar-refractivity contribution in [2.45, 2.75) is 26.8 Å². The fourth-order valence-electron chi connectivity index (χ4n) is 1.30. The van der Waals surface area contributed by atoms with E-state index in [-0.39, 0.29) is 19.2 Å². The molecule has 16 heavy (non-hydrogen) atoms. The van der Waals surface area contributed by atoms with Gasteiger partial charge in [0.25, 0.3) is 0 Å². The van der Waals surface area contributed by atoms with Gasteiger partial charge >= 0.3 is 5.97 Å². The van der Waals surface area contributed by atoms with Gasteiger partial charge in [-0.2, -0.15) is 0 Å². The van der Waals surface area contributed by atoms with E-state index >= 15 is 0 Å². The van der Waals surface area contributed by atoms with E-state index in [1.54, 1.807) is 6.92 Å². The number of aliphatic hydroxyl groups is 1. The lowest BCUT2D eigenvalue weighted by Gasteiger charge is -2.25. The van der Waals surface area contributed by atoms with E-state index in [0.717, 1.165) is 0 Å². The highest BCUT2D eigenvalue weighted by molar-refractivity contribution is 5.70. The summed E-state index contributed by atoms with van der Waals surface area (Å²) in [6.45, 7) is 8.19. The Kier molecular flexibility index (Phi) is 9.18. The van der Waals surface area contributed by atoms with Gasteiger partial charge in [0.05, 0.1) is 19.8 Å². The number of rotatable bonds is 9. The largest absolute Gasteiger partial charge is 0.464 e. The van der Waals surface area contributed by atoms with Gasteiger partial charge in [0.2, 0.25) is 0 Å². The van der Waals surface area contributed by atoms with Gasteiger partial charge in [-0.15, -0.1) is 0 Å². The van der Waals surface area contributed by atoms with Crippen LogP contribution in [0.25, 0.3) is 0 Å². The molecular formula is C11H23NO4. The molecule has 0 unspecified atom stereocenters. The van der Waals surface area contributed by atoms with Crippen LogP contribution in [0, 0.1) is 0 Å². The van der Waals surface area contributed by atoms with Crippen molar-refractivity contribution in [1.29, 1.82) is 0 Å². The molecule has 0 radical (unpaired) electrons. The van der Waals surface area contributed by atoms with Crippen LogP contribution in [-0.4, -0.2) is 61.5 Å². The highest BCUT2D eigenvalue weighted by Gasteiger charge is 2.08. The highest BCUT2D eigenvalue weighted by atomic mass is 16.6. The monoisotopic (exact) mass is 233 g/mol. The maximum absolute atomic E-state index is 10.9. The molecule has 0 fully saturated rings. The van der Waals surface area contributed by atoms with Crippen molar-refractivity contribution >= 4 is 5.97 Å². The minimum atomic E-state index is -0.333. The second-order valence-corrected chi connectivity index (χ2v) is 3.71. The molecule has 0 rings (SSSR count). The summed E-state index contributed by atoms with van der Waals surface area (Å²) in [4.78, 5) is 13.0. The zero-order valence-corrected chi connectivity index (χ0v) is 10.4. The Morgan fingerprint density at radius 1 is 1.38 bits per heavy atom. The maximum Gasteiger partial charge on any atom is 0.332 e. The van der Waals surface area contributed by atoms with Gasteiger partial charge in [-0.25, -0.2) is 4.79 Å². The van der Waals surface area contributed by atoms with Crippen LogP contribution < -0.4 is 0 Å². The van der Waals surface area contributed by atoms with Crippen LogP contribution in [-0.2, 0) is 14.3 Å². The highest BCUT2D eigenvalue weighted by Crippen LogP contribution is 1.96. The number of hydrogen-bond donors (Lipinski definition) is 1. The van der Waals surface area contributed by atoms with Gasteiger partial charge in [-0.1, -0.05) is 0 Å². The van der Waals surface area contributed by atoms with Gasteiger partial charge < -0.3 is 14.6 Å². The lowest BCUT2D eigenvalue weighted by Crippen LogP contribution is -2.36. The molecule has 0 aromatic rings. The number of esters is 1. The first-order valence-electron chi connectivity index (χ1n) is 5.70. The van der Waals surface area contributed by atoms with Crippen LogP contribution in [0.4, 0.5) is 0 Å². The van der Waals surface area contributed by atoms with Crippen LogP contribution in [0.3, 0.4) is 0 Å². The van der Waals surface area contributed by atoms with E-state index in [4.69, 9.17) is 14.6 Å². The van der Waals surface area contributed by atoms with Gasteiger partial charge in [-0.3, -0.25) is 4.90 Å². The van der Waals surface area contributed by atoms with Crippen molar-refractivity contribution in [2.24, 2.45) is 0 Å². The van der Waals surface area contributed by atoms with Crippen molar-refractivity contribution < 1.29 is 19.4 Å². The molecule has 5 nitrogen and oxygen atoms in total. The second kappa shape index (κ2) is 9.57. The van der Waals surface area contributed by atoms with Gasteiger partial charge in [-0.05, 0) is 20.8 Å². The summed E-state index contributed by atoms with van der Waals surface area (Å²) in [5, 5.41) is 8.84. The second-order valence-electron chi connectivity index (χ2n) is 3.71. The Morgan fingerprint density at radius 3 is 2.56 bits per heavy atom. The topological polar surface area (TPSA) is 59.0 Å². The summed E-state index contributed by atoms with van der Waals surface area (Å²) in [7, 11) is 0. The van der Waals surface area contributed by atoms with E-state index in [1.165, 1.54) is 0 Å². The first kappa shape index (κ1) is 15.3. The minimum Gasteiger partial charge on any atom is -0.464 e. The van der Waals surface area contributed by atoms with E-state index < -0.39 is 0 Å². The average molecular weight is 233 g/mol. The number of ether oxygens (including phenoxy) is 2. The number of nitrogens with zero attached hydrogens (tertiary/aromatic N) is 1. The molecule has 0 saturated carbocycles. The molecular weight excluding hydrogens is 210 g/mol. The molecule has 1 N–H and O–H groups in total. The standard InChI is InChI=1S/C11H23NO4/c1-4-16-11(14)9-15-8-6-12(5-7-13)10(2)3/h10,13H,4-9H2,1-3H3. The molecule has 0 saturated heterocycles. The fraction of sp³-hybridized carbons (Fsp3) is 0.909. The summed E-state index contributed by atoms with van der Waals surface area (Å²) < 4.78 is 9.90. The molecule has 0 amide bonds. The van der Waals surface area contributed by atoms with E-state index in [2.05, 4.69) is 18.7 Å². The third kappa shape index (κ3) is 7.62. The molecule has 0 heterocycles. The molecule has 0 aliphatic carbocycles. The number of hydrogen-bond acceptors (Lipinski definition) is 5. The number of carbonyl (C=O) groups is 1. The molecule has 0 aliphatic heterocycles. The van der Waals surface area contributed by atoms with Crippen LogP contribution >= 0.6 is 0 Å². The van der Waals surface area contributed by atoms with Crippen molar-refractivity contribution in [1.82, 2.24) is 4.90 Å². The fourth-order valence-corrected chi connectivity index (χ4v) is 1.30. The predicted octanol–water partition coefficient (Wildman–Crippen LogP) is 0.269. The predicted molar refractivity (Wildman–Crippen MR) is 61.2 cm³/mol. The molecule has 0 spiro atoms. The molecule has 0 bridgehead atoms. The first-order valence-corrected chi connectivity index (χ1v) is 5.70. The molecule has 0 atom stereocenters. The van der Waals surface area contributed by atoms with Gasteiger partial charge in [0.1, 0.15) is 6.61 Å². The molecule has 96 valence electrons. The SMILES string of the molecule is CCOC(=O)COCCN(CCO)C(C)C. The lowest BCUT2D eigenvalue weighted by molar-refractivity contribution is -0.148. The third-order valence-electron chi connectivity index (χ3n) is 2.17. The van der Waals surface area contributed by atoms with Crippen LogP contribution in [0.1, 0.15) is 20.8 Å². The molecule has 0 aromatic heterocycles. The first-order chi connectivity index (χ1) is 7.61. The van der Waals surface area contributed by atoms with Gasteiger partial charge in [0, 0.05) is 19.1 Å². The number of carbonyl (C=O) groups excluding carboxylic acids is 1. The molecule has 5 heteroatoms. The summed E-state index contributed by atoms with van der Waals surface area (Å²) in [5.41, 5.74) is 0. The van der Waals surface area contributed by atoms with E-state index in [9.17, 15) is 4.79 Å². The van der Waals surface area contributed by atoms with Crippen molar-refractivity contribution in [3.05, 3.63) is 0 Å². The van der Waals surface area contributed by atoms with Crippen molar-refractivity contribution in [3.63, 3.8) is 0 Å². The quantitative estimate of drug-likeness (QED) is 0.457. The maximum atomic E-state index is 10.9. The molecule has 0 aromatic carbocycles. The Balaban J connectivity index is 3.58. The zero-order valence-electron chi connectivity index (χ0n) is 10.4. The molecule has 0 aliphatic rings. The van der Waals surface area contributed by atoms with Gasteiger partial charge in [0.15, 0.2) is 0 Å². The Morgan fingerprint density at radius 2 is 2.06 bits per heavy atom. The Bertz CT molecular complexity index is 185. The normalized spacial score (nSPS) is 11.1. The van der Waals surface area contributed by atoms with Crippen molar-refractivity contribution in [2.75, 3.05) is 39.5 Å². The Labute approximate surface area is 97.3 Å². The third-order valence-corrected chi connectivity index (χ3v) is 2.17. The van der Waals surface area contributed by atoms with Crippen LogP contribution in [0.15, 0.2) is 0 Å². The smallest absolute Gasteiger partial charge is 0.332 e. The minimum absolute atomic E-state index is 0.00109. The van der Waals surface area contributed by atoms with Crippen LogP contribution in [0.2, 0.25) is 0 Å².